The monoisotopic (exact) mass is 345 g/mol. The molecule has 1 atom stereocenters. The van der Waals surface area contributed by atoms with E-state index in [1.165, 1.54) is 18.7 Å². The number of rotatable bonds is 5. The van der Waals surface area contributed by atoms with Crippen molar-refractivity contribution in [1.29, 1.82) is 0 Å². The lowest BCUT2D eigenvalue weighted by atomic mass is 10.1. The number of ether oxygens (including phenoxy) is 1. The van der Waals surface area contributed by atoms with Crippen molar-refractivity contribution in [2.24, 2.45) is 7.05 Å². The molecule has 24 heavy (non-hydrogen) atoms. The molecule has 1 aromatic heterocycles. The molecule has 6 nitrogen and oxygen atoms in total. The van der Waals surface area contributed by atoms with Crippen molar-refractivity contribution in [1.82, 2.24) is 9.78 Å². The molecule has 0 aliphatic carbocycles. The number of anilines is 1. The molecule has 1 unspecified atom stereocenters. The largest absolute Gasteiger partial charge is 0.496 e. The van der Waals surface area contributed by atoms with Gasteiger partial charge in [0.05, 0.1) is 29.1 Å². The summed E-state index contributed by atoms with van der Waals surface area (Å²) in [6.07, 6.45) is 4.30. The SMILES string of the molecule is COc1cc(C(C)=O)ccc1SC1CCN(c2cnn(C)c2)C1=O. The maximum atomic E-state index is 12.7. The zero-order chi connectivity index (χ0) is 17.3. The molecule has 1 aromatic carbocycles. The van der Waals surface area contributed by atoms with Crippen molar-refractivity contribution in [3.8, 4) is 5.75 Å². The minimum atomic E-state index is -0.165. The van der Waals surface area contributed by atoms with Gasteiger partial charge in [0, 0.05) is 25.4 Å². The summed E-state index contributed by atoms with van der Waals surface area (Å²) in [4.78, 5) is 26.8. The number of Topliss-reactive ketones (excluding diaryl/α,β-unsaturated/α-hetero) is 1. The van der Waals surface area contributed by atoms with Crippen LogP contribution in [0.5, 0.6) is 5.75 Å². The van der Waals surface area contributed by atoms with E-state index in [1.54, 1.807) is 35.0 Å². The molecule has 2 heterocycles. The van der Waals surface area contributed by atoms with Crippen molar-refractivity contribution in [3.05, 3.63) is 36.2 Å². The Hall–Kier alpha value is -2.28. The van der Waals surface area contributed by atoms with E-state index in [2.05, 4.69) is 5.10 Å². The Labute approximate surface area is 144 Å². The molecule has 0 saturated carbocycles. The molecular formula is C17H19N3O3S. The number of methoxy groups -OCH3 is 1. The number of amides is 1. The zero-order valence-corrected chi connectivity index (χ0v) is 14.7. The molecule has 2 aromatic rings. The smallest absolute Gasteiger partial charge is 0.240 e. The predicted molar refractivity (Wildman–Crippen MR) is 92.8 cm³/mol. The number of aromatic nitrogens is 2. The number of carbonyl (C=O) groups is 2. The number of thioether (sulfide) groups is 1. The molecule has 3 rings (SSSR count). The topological polar surface area (TPSA) is 64.4 Å². The molecule has 0 spiro atoms. The quantitative estimate of drug-likeness (QED) is 0.779. The molecule has 0 radical (unpaired) electrons. The van der Waals surface area contributed by atoms with E-state index in [-0.39, 0.29) is 16.9 Å². The first kappa shape index (κ1) is 16.6. The molecule has 1 saturated heterocycles. The van der Waals surface area contributed by atoms with Gasteiger partial charge in [0.25, 0.3) is 0 Å². The van der Waals surface area contributed by atoms with Crippen molar-refractivity contribution >= 4 is 29.1 Å². The fourth-order valence-electron chi connectivity index (χ4n) is 2.70. The van der Waals surface area contributed by atoms with Crippen LogP contribution in [0, 0.1) is 0 Å². The van der Waals surface area contributed by atoms with Gasteiger partial charge >= 0.3 is 0 Å². The third-order valence-corrected chi connectivity index (χ3v) is 5.31. The number of aryl methyl sites for hydroxylation is 1. The second kappa shape index (κ2) is 6.68. The van der Waals surface area contributed by atoms with Crippen LogP contribution in [0.2, 0.25) is 0 Å². The van der Waals surface area contributed by atoms with Gasteiger partial charge in [0.2, 0.25) is 5.91 Å². The summed E-state index contributed by atoms with van der Waals surface area (Å²) in [6.45, 7) is 2.20. The maximum Gasteiger partial charge on any atom is 0.240 e. The normalized spacial score (nSPS) is 17.4. The summed E-state index contributed by atoms with van der Waals surface area (Å²) >= 11 is 1.48. The van der Waals surface area contributed by atoms with E-state index in [1.807, 2.05) is 19.3 Å². The lowest BCUT2D eigenvalue weighted by Crippen LogP contribution is -2.27. The minimum absolute atomic E-state index is 0.00968. The summed E-state index contributed by atoms with van der Waals surface area (Å²) in [5.74, 6) is 0.690. The van der Waals surface area contributed by atoms with Gasteiger partial charge in [0.15, 0.2) is 5.78 Å². The third kappa shape index (κ3) is 3.17. The second-order valence-electron chi connectivity index (χ2n) is 5.68. The first-order valence-corrected chi connectivity index (χ1v) is 8.53. The van der Waals surface area contributed by atoms with Crippen LogP contribution in [0.3, 0.4) is 0 Å². The van der Waals surface area contributed by atoms with Gasteiger partial charge in [0.1, 0.15) is 5.75 Å². The van der Waals surface area contributed by atoms with E-state index in [0.717, 1.165) is 17.0 Å². The molecule has 7 heteroatoms. The maximum absolute atomic E-state index is 12.7. The number of nitrogens with zero attached hydrogens (tertiary/aromatic N) is 3. The first-order chi connectivity index (χ1) is 11.5. The first-order valence-electron chi connectivity index (χ1n) is 7.65. The highest BCUT2D eigenvalue weighted by molar-refractivity contribution is 8.00. The summed E-state index contributed by atoms with van der Waals surface area (Å²) in [5, 5.41) is 3.96. The Morgan fingerprint density at radius 3 is 2.83 bits per heavy atom. The van der Waals surface area contributed by atoms with Crippen LogP contribution in [0.15, 0.2) is 35.5 Å². The number of carbonyl (C=O) groups excluding carboxylic acids is 2. The van der Waals surface area contributed by atoms with Gasteiger partial charge in [-0.2, -0.15) is 5.10 Å². The lowest BCUT2D eigenvalue weighted by Gasteiger charge is -2.15. The second-order valence-corrected chi connectivity index (χ2v) is 6.92. The van der Waals surface area contributed by atoms with Crippen molar-refractivity contribution in [3.63, 3.8) is 0 Å². The van der Waals surface area contributed by atoms with Gasteiger partial charge < -0.3 is 9.64 Å². The van der Waals surface area contributed by atoms with E-state index >= 15 is 0 Å². The van der Waals surface area contributed by atoms with Crippen molar-refractivity contribution in [2.75, 3.05) is 18.6 Å². The van der Waals surface area contributed by atoms with Gasteiger partial charge in [-0.3, -0.25) is 14.3 Å². The minimum Gasteiger partial charge on any atom is -0.496 e. The number of benzene rings is 1. The molecule has 1 fully saturated rings. The molecule has 126 valence electrons. The van der Waals surface area contributed by atoms with Gasteiger partial charge in [-0.1, -0.05) is 6.07 Å². The van der Waals surface area contributed by atoms with Crippen LogP contribution >= 0.6 is 11.8 Å². The van der Waals surface area contributed by atoms with Gasteiger partial charge in [-0.25, -0.2) is 0 Å². The highest BCUT2D eigenvalue weighted by atomic mass is 32.2. The van der Waals surface area contributed by atoms with Gasteiger partial charge in [-0.05, 0) is 25.5 Å². The fraction of sp³-hybridized carbons (Fsp3) is 0.353. The highest BCUT2D eigenvalue weighted by Gasteiger charge is 2.34. The molecule has 1 amide bonds. The Kier molecular flexibility index (Phi) is 4.62. The average molecular weight is 345 g/mol. The Morgan fingerprint density at radius 1 is 1.42 bits per heavy atom. The van der Waals surface area contributed by atoms with Crippen LogP contribution < -0.4 is 9.64 Å². The average Bonchev–Trinajstić information content (AvgIpc) is 3.14. The fourth-order valence-corrected chi connectivity index (χ4v) is 3.87. The van der Waals surface area contributed by atoms with Crippen molar-refractivity contribution < 1.29 is 14.3 Å². The summed E-state index contributed by atoms with van der Waals surface area (Å²) in [6, 6.07) is 5.34. The Morgan fingerprint density at radius 2 is 2.21 bits per heavy atom. The van der Waals surface area contributed by atoms with Gasteiger partial charge in [-0.15, -0.1) is 11.8 Å². The molecule has 0 N–H and O–H groups in total. The number of hydrogen-bond acceptors (Lipinski definition) is 5. The van der Waals surface area contributed by atoms with E-state index in [4.69, 9.17) is 4.74 Å². The van der Waals surface area contributed by atoms with Crippen LogP contribution in [-0.2, 0) is 11.8 Å². The highest BCUT2D eigenvalue weighted by Crippen LogP contribution is 2.38. The zero-order valence-electron chi connectivity index (χ0n) is 13.9. The standard InChI is InChI=1S/C17H19N3O3S/c1-11(21)12-4-5-15(14(8-12)23-3)24-16-6-7-20(17(16)22)13-9-18-19(2)10-13/h4-5,8-10,16H,6-7H2,1-3H3. The predicted octanol–water partition coefficient (Wildman–Crippen LogP) is 2.53. The van der Waals surface area contributed by atoms with Crippen LogP contribution in [0.4, 0.5) is 5.69 Å². The molecule has 1 aliphatic rings. The number of hydrogen-bond donors (Lipinski definition) is 0. The van der Waals surface area contributed by atoms with Crippen LogP contribution in [0.1, 0.15) is 23.7 Å². The van der Waals surface area contributed by atoms with E-state index in [9.17, 15) is 9.59 Å². The summed E-state index contributed by atoms with van der Waals surface area (Å²) in [5.41, 5.74) is 1.43. The Bertz CT molecular complexity index is 787. The third-order valence-electron chi connectivity index (χ3n) is 4.00. The van der Waals surface area contributed by atoms with E-state index in [0.29, 0.717) is 17.9 Å². The van der Waals surface area contributed by atoms with Crippen LogP contribution in [0.25, 0.3) is 0 Å². The molecule has 1 aliphatic heterocycles. The van der Waals surface area contributed by atoms with E-state index < -0.39 is 0 Å². The molecule has 0 bridgehead atoms. The van der Waals surface area contributed by atoms with Crippen LogP contribution in [-0.4, -0.2) is 40.4 Å². The molecular weight excluding hydrogens is 326 g/mol. The lowest BCUT2D eigenvalue weighted by molar-refractivity contribution is -0.116. The Balaban J connectivity index is 1.77. The van der Waals surface area contributed by atoms with Crippen molar-refractivity contribution in [2.45, 2.75) is 23.5 Å². The number of ketones is 1. The summed E-state index contributed by atoms with van der Waals surface area (Å²) < 4.78 is 7.07. The summed E-state index contributed by atoms with van der Waals surface area (Å²) in [7, 11) is 3.40.